The summed E-state index contributed by atoms with van der Waals surface area (Å²) in [4.78, 5) is 16.9. The third-order valence-corrected chi connectivity index (χ3v) is 3.56. The van der Waals surface area contributed by atoms with Gasteiger partial charge in [-0.1, -0.05) is 17.7 Å². The second-order valence-electron chi connectivity index (χ2n) is 4.08. The van der Waals surface area contributed by atoms with E-state index in [0.29, 0.717) is 11.6 Å². The van der Waals surface area contributed by atoms with E-state index in [4.69, 9.17) is 11.6 Å². The van der Waals surface area contributed by atoms with Crippen LogP contribution in [0, 0.1) is 6.92 Å². The first kappa shape index (κ1) is 14.0. The molecule has 6 heteroatoms. The lowest BCUT2D eigenvalue weighted by Crippen LogP contribution is -2.27. The summed E-state index contributed by atoms with van der Waals surface area (Å²) < 4.78 is 0. The average molecular weight is 296 g/mol. The number of anilines is 1. The molecule has 1 amide bonds. The van der Waals surface area contributed by atoms with E-state index in [-0.39, 0.29) is 12.5 Å². The standard InChI is InChI=1S/C13H14ClN3OS/c1-9-2-3-10(14)4-12(9)17-13(18)7-15-5-11-6-16-8-19-11/h2-4,6,8,15H,5,7H2,1H3,(H,17,18). The van der Waals surface area contributed by atoms with Crippen molar-refractivity contribution in [2.45, 2.75) is 13.5 Å². The minimum absolute atomic E-state index is 0.0881. The molecule has 0 aliphatic carbocycles. The third kappa shape index (κ3) is 4.31. The number of hydrogen-bond acceptors (Lipinski definition) is 4. The van der Waals surface area contributed by atoms with Gasteiger partial charge in [0, 0.05) is 28.3 Å². The number of carbonyl (C=O) groups excluding carboxylic acids is 1. The first-order valence-corrected chi connectivity index (χ1v) is 7.05. The fourth-order valence-corrected chi connectivity index (χ4v) is 2.29. The van der Waals surface area contributed by atoms with E-state index >= 15 is 0 Å². The van der Waals surface area contributed by atoms with Gasteiger partial charge in [-0.15, -0.1) is 11.3 Å². The molecule has 0 bridgehead atoms. The molecule has 19 heavy (non-hydrogen) atoms. The van der Waals surface area contributed by atoms with Crippen LogP contribution in [0.5, 0.6) is 0 Å². The predicted octanol–water partition coefficient (Wildman–Crippen LogP) is 2.83. The molecule has 1 aromatic heterocycles. The van der Waals surface area contributed by atoms with Gasteiger partial charge in [0.25, 0.3) is 0 Å². The summed E-state index contributed by atoms with van der Waals surface area (Å²) in [5.74, 6) is -0.0881. The zero-order chi connectivity index (χ0) is 13.7. The summed E-state index contributed by atoms with van der Waals surface area (Å²) in [6, 6.07) is 5.43. The Bertz CT molecular complexity index is 557. The lowest BCUT2D eigenvalue weighted by atomic mass is 10.2. The summed E-state index contributed by atoms with van der Waals surface area (Å²) in [6.07, 6.45) is 1.79. The molecule has 100 valence electrons. The maximum atomic E-state index is 11.8. The molecule has 0 atom stereocenters. The van der Waals surface area contributed by atoms with Crippen LogP contribution in [-0.2, 0) is 11.3 Å². The highest BCUT2D eigenvalue weighted by Gasteiger charge is 2.05. The fourth-order valence-electron chi connectivity index (χ4n) is 1.55. The van der Waals surface area contributed by atoms with Crippen LogP contribution in [0.1, 0.15) is 10.4 Å². The van der Waals surface area contributed by atoms with Crippen LogP contribution >= 0.6 is 22.9 Å². The molecule has 2 N–H and O–H groups in total. The molecule has 2 aromatic rings. The van der Waals surface area contributed by atoms with Crippen LogP contribution in [0.2, 0.25) is 5.02 Å². The zero-order valence-electron chi connectivity index (χ0n) is 10.4. The van der Waals surface area contributed by atoms with Crippen molar-refractivity contribution in [2.75, 3.05) is 11.9 Å². The van der Waals surface area contributed by atoms with Crippen LogP contribution in [0.15, 0.2) is 29.9 Å². The van der Waals surface area contributed by atoms with Crippen molar-refractivity contribution in [3.8, 4) is 0 Å². The van der Waals surface area contributed by atoms with E-state index in [1.807, 2.05) is 13.0 Å². The second kappa shape index (κ2) is 6.65. The SMILES string of the molecule is Cc1ccc(Cl)cc1NC(=O)CNCc1cncs1. The number of benzene rings is 1. The molecule has 1 heterocycles. The molecule has 0 spiro atoms. The smallest absolute Gasteiger partial charge is 0.238 e. The number of nitrogens with zero attached hydrogens (tertiary/aromatic N) is 1. The predicted molar refractivity (Wildman–Crippen MR) is 78.6 cm³/mol. The number of hydrogen-bond donors (Lipinski definition) is 2. The molecule has 4 nitrogen and oxygen atoms in total. The Kier molecular flexibility index (Phi) is 4.90. The molecule has 0 fully saturated rings. The zero-order valence-corrected chi connectivity index (χ0v) is 12.0. The number of amides is 1. The van der Waals surface area contributed by atoms with E-state index in [9.17, 15) is 4.79 Å². The largest absolute Gasteiger partial charge is 0.325 e. The maximum absolute atomic E-state index is 11.8. The quantitative estimate of drug-likeness (QED) is 0.892. The highest BCUT2D eigenvalue weighted by atomic mass is 35.5. The highest BCUT2D eigenvalue weighted by Crippen LogP contribution is 2.19. The number of rotatable bonds is 5. The molecular weight excluding hydrogens is 282 g/mol. The molecule has 0 radical (unpaired) electrons. The van der Waals surface area contributed by atoms with Crippen molar-refractivity contribution in [1.82, 2.24) is 10.3 Å². The molecule has 0 unspecified atom stereocenters. The minimum atomic E-state index is -0.0881. The summed E-state index contributed by atoms with van der Waals surface area (Å²) in [5.41, 5.74) is 3.50. The Morgan fingerprint density at radius 3 is 3.05 bits per heavy atom. The normalized spacial score (nSPS) is 10.4. The van der Waals surface area contributed by atoms with Gasteiger partial charge < -0.3 is 10.6 Å². The number of nitrogens with one attached hydrogen (secondary N) is 2. The van der Waals surface area contributed by atoms with Crippen LogP contribution in [0.25, 0.3) is 0 Å². The molecule has 2 rings (SSSR count). The summed E-state index contributed by atoms with van der Waals surface area (Å²) >= 11 is 7.46. The van der Waals surface area contributed by atoms with E-state index in [2.05, 4.69) is 15.6 Å². The van der Waals surface area contributed by atoms with Gasteiger partial charge in [-0.05, 0) is 24.6 Å². The van der Waals surface area contributed by atoms with Crippen molar-refractivity contribution >= 4 is 34.5 Å². The van der Waals surface area contributed by atoms with Crippen molar-refractivity contribution in [3.63, 3.8) is 0 Å². The fraction of sp³-hybridized carbons (Fsp3) is 0.231. The Morgan fingerprint density at radius 2 is 2.32 bits per heavy atom. The molecule has 0 saturated carbocycles. The monoisotopic (exact) mass is 295 g/mol. The number of aryl methyl sites for hydroxylation is 1. The highest BCUT2D eigenvalue weighted by molar-refractivity contribution is 7.09. The lowest BCUT2D eigenvalue weighted by molar-refractivity contribution is -0.115. The Labute approximate surface area is 120 Å². The van der Waals surface area contributed by atoms with Gasteiger partial charge >= 0.3 is 0 Å². The average Bonchev–Trinajstić information content (AvgIpc) is 2.87. The van der Waals surface area contributed by atoms with Crippen LogP contribution < -0.4 is 10.6 Å². The molecule has 0 saturated heterocycles. The first-order valence-electron chi connectivity index (χ1n) is 5.79. The van der Waals surface area contributed by atoms with E-state index in [1.54, 1.807) is 35.2 Å². The number of halogens is 1. The summed E-state index contributed by atoms with van der Waals surface area (Å²) in [7, 11) is 0. The van der Waals surface area contributed by atoms with Gasteiger partial charge in [-0.25, -0.2) is 0 Å². The molecular formula is C13H14ClN3OS. The van der Waals surface area contributed by atoms with Crippen LogP contribution in [0.3, 0.4) is 0 Å². The van der Waals surface area contributed by atoms with Gasteiger partial charge in [0.15, 0.2) is 0 Å². The Balaban J connectivity index is 1.82. The lowest BCUT2D eigenvalue weighted by Gasteiger charge is -2.09. The van der Waals surface area contributed by atoms with Gasteiger partial charge in [0.1, 0.15) is 0 Å². The van der Waals surface area contributed by atoms with E-state index < -0.39 is 0 Å². The second-order valence-corrected chi connectivity index (χ2v) is 5.49. The van der Waals surface area contributed by atoms with Gasteiger partial charge in [-0.3, -0.25) is 9.78 Å². The van der Waals surface area contributed by atoms with E-state index in [0.717, 1.165) is 16.1 Å². The number of thiazole rings is 1. The van der Waals surface area contributed by atoms with Crippen molar-refractivity contribution < 1.29 is 4.79 Å². The number of carbonyl (C=O) groups is 1. The Hall–Kier alpha value is -1.43. The molecule has 0 aliphatic heterocycles. The first-order chi connectivity index (χ1) is 9.15. The molecule has 0 aliphatic rings. The molecule has 1 aromatic carbocycles. The topological polar surface area (TPSA) is 54.0 Å². The van der Waals surface area contributed by atoms with Crippen molar-refractivity contribution in [2.24, 2.45) is 0 Å². The Morgan fingerprint density at radius 1 is 1.47 bits per heavy atom. The van der Waals surface area contributed by atoms with Crippen molar-refractivity contribution in [1.29, 1.82) is 0 Å². The van der Waals surface area contributed by atoms with E-state index in [1.165, 1.54) is 0 Å². The minimum Gasteiger partial charge on any atom is -0.325 e. The number of aromatic nitrogens is 1. The van der Waals surface area contributed by atoms with Gasteiger partial charge in [-0.2, -0.15) is 0 Å². The van der Waals surface area contributed by atoms with Crippen LogP contribution in [-0.4, -0.2) is 17.4 Å². The van der Waals surface area contributed by atoms with Crippen LogP contribution in [0.4, 0.5) is 5.69 Å². The summed E-state index contributed by atoms with van der Waals surface area (Å²) in [5, 5.41) is 6.51. The summed E-state index contributed by atoms with van der Waals surface area (Å²) in [6.45, 7) is 2.83. The maximum Gasteiger partial charge on any atom is 0.238 e. The van der Waals surface area contributed by atoms with Gasteiger partial charge in [0.2, 0.25) is 5.91 Å². The third-order valence-electron chi connectivity index (χ3n) is 2.54. The van der Waals surface area contributed by atoms with Crippen molar-refractivity contribution in [3.05, 3.63) is 45.4 Å². The van der Waals surface area contributed by atoms with Gasteiger partial charge in [0.05, 0.1) is 12.1 Å².